The van der Waals surface area contributed by atoms with Crippen LogP contribution >= 0.6 is 11.3 Å². The van der Waals surface area contributed by atoms with Crippen molar-refractivity contribution in [1.29, 1.82) is 0 Å². The summed E-state index contributed by atoms with van der Waals surface area (Å²) < 4.78 is 16.6. The number of hydrogen-bond acceptors (Lipinski definition) is 6. The van der Waals surface area contributed by atoms with E-state index in [1.54, 1.807) is 18.4 Å². The molecular formula is C17H14N2O3S. The van der Waals surface area contributed by atoms with Crippen LogP contribution in [0.3, 0.4) is 0 Å². The largest absolute Gasteiger partial charge is 0.497 e. The van der Waals surface area contributed by atoms with E-state index in [0.29, 0.717) is 17.5 Å². The molecule has 6 heteroatoms. The van der Waals surface area contributed by atoms with E-state index in [9.17, 15) is 0 Å². The predicted molar refractivity (Wildman–Crippen MR) is 88.8 cm³/mol. The molecule has 4 rings (SSSR count). The van der Waals surface area contributed by atoms with E-state index in [1.807, 2.05) is 43.5 Å². The zero-order chi connectivity index (χ0) is 16.0. The highest BCUT2D eigenvalue weighted by Gasteiger charge is 2.20. The molecule has 0 radical (unpaired) electrons. The molecule has 0 bridgehead atoms. The quantitative estimate of drug-likeness (QED) is 0.539. The fourth-order valence-corrected chi connectivity index (χ4v) is 3.39. The third kappa shape index (κ3) is 2.22. The van der Waals surface area contributed by atoms with Gasteiger partial charge >= 0.3 is 0 Å². The smallest absolute Gasteiger partial charge is 0.268 e. The van der Waals surface area contributed by atoms with Crippen molar-refractivity contribution in [3.63, 3.8) is 0 Å². The lowest BCUT2D eigenvalue weighted by atomic mass is 10.1. The van der Waals surface area contributed by atoms with Crippen LogP contribution in [-0.4, -0.2) is 17.3 Å². The molecule has 0 amide bonds. The maximum absolute atomic E-state index is 5.91. The van der Waals surface area contributed by atoms with Gasteiger partial charge in [-0.15, -0.1) is 11.3 Å². The number of ether oxygens (including phenoxy) is 1. The van der Waals surface area contributed by atoms with Crippen LogP contribution in [0.2, 0.25) is 0 Å². The van der Waals surface area contributed by atoms with Gasteiger partial charge in [0.15, 0.2) is 5.76 Å². The van der Waals surface area contributed by atoms with Crippen LogP contribution in [0.1, 0.15) is 11.1 Å². The molecule has 4 aromatic rings. The fourth-order valence-electron chi connectivity index (χ4n) is 2.54. The van der Waals surface area contributed by atoms with Crippen LogP contribution in [-0.2, 0) is 0 Å². The summed E-state index contributed by atoms with van der Waals surface area (Å²) in [6.07, 6.45) is 0. The standard InChI is InChI=1S/C17H14N2O3S/c1-9-6-7-23-15(9)17-18-16(19-22-17)14-10(2)12-8-11(20-3)4-5-13(12)21-14/h4-8H,1-3H3. The molecule has 1 aromatic carbocycles. The molecule has 0 atom stereocenters. The van der Waals surface area contributed by atoms with Crippen molar-refractivity contribution >= 4 is 22.3 Å². The number of benzene rings is 1. The summed E-state index contributed by atoms with van der Waals surface area (Å²) in [5.41, 5.74) is 2.86. The van der Waals surface area contributed by atoms with Crippen molar-refractivity contribution in [2.45, 2.75) is 13.8 Å². The number of aromatic nitrogens is 2. The molecule has 3 aromatic heterocycles. The number of furan rings is 1. The van der Waals surface area contributed by atoms with Gasteiger partial charge in [0.25, 0.3) is 5.89 Å². The van der Waals surface area contributed by atoms with Crippen molar-refractivity contribution in [3.05, 3.63) is 40.8 Å². The third-order valence-electron chi connectivity index (χ3n) is 3.83. The highest BCUT2D eigenvalue weighted by molar-refractivity contribution is 7.13. The highest BCUT2D eigenvalue weighted by Crippen LogP contribution is 2.35. The minimum atomic E-state index is 0.459. The van der Waals surface area contributed by atoms with Crippen molar-refractivity contribution in [2.75, 3.05) is 7.11 Å². The van der Waals surface area contributed by atoms with Gasteiger partial charge in [-0.3, -0.25) is 0 Å². The molecule has 0 fully saturated rings. The monoisotopic (exact) mass is 326 g/mol. The Morgan fingerprint density at radius 1 is 1.17 bits per heavy atom. The third-order valence-corrected chi connectivity index (χ3v) is 4.83. The van der Waals surface area contributed by atoms with Crippen molar-refractivity contribution in [3.8, 4) is 28.1 Å². The highest BCUT2D eigenvalue weighted by atomic mass is 32.1. The summed E-state index contributed by atoms with van der Waals surface area (Å²) in [5, 5.41) is 7.07. The Balaban J connectivity index is 1.82. The van der Waals surface area contributed by atoms with Crippen LogP contribution < -0.4 is 4.74 Å². The van der Waals surface area contributed by atoms with Crippen LogP contribution in [0.15, 0.2) is 38.6 Å². The maximum Gasteiger partial charge on any atom is 0.268 e. The Morgan fingerprint density at radius 3 is 2.78 bits per heavy atom. The molecule has 116 valence electrons. The number of methoxy groups -OCH3 is 1. The second-order valence-electron chi connectivity index (χ2n) is 5.27. The summed E-state index contributed by atoms with van der Waals surface area (Å²) in [6.45, 7) is 4.00. The molecule has 0 aliphatic carbocycles. The van der Waals surface area contributed by atoms with Crippen LogP contribution in [0.25, 0.3) is 33.3 Å². The zero-order valence-corrected chi connectivity index (χ0v) is 13.7. The number of fused-ring (bicyclic) bond motifs is 1. The maximum atomic E-state index is 5.91. The number of nitrogens with zero attached hydrogens (tertiary/aromatic N) is 2. The van der Waals surface area contributed by atoms with Crippen molar-refractivity contribution in [1.82, 2.24) is 10.1 Å². The number of hydrogen-bond donors (Lipinski definition) is 0. The van der Waals surface area contributed by atoms with Gasteiger partial charge in [0.1, 0.15) is 11.3 Å². The molecule has 0 unspecified atom stereocenters. The molecular weight excluding hydrogens is 312 g/mol. The minimum absolute atomic E-state index is 0.459. The first-order valence-corrected chi connectivity index (χ1v) is 8.01. The van der Waals surface area contributed by atoms with Crippen molar-refractivity contribution < 1.29 is 13.7 Å². The van der Waals surface area contributed by atoms with E-state index in [-0.39, 0.29) is 0 Å². The van der Waals surface area contributed by atoms with Crippen LogP contribution in [0, 0.1) is 13.8 Å². The van der Waals surface area contributed by atoms with Crippen molar-refractivity contribution in [2.24, 2.45) is 0 Å². The van der Waals surface area contributed by atoms with E-state index in [4.69, 9.17) is 13.7 Å². The van der Waals surface area contributed by atoms with E-state index >= 15 is 0 Å². The number of rotatable bonds is 3. The molecule has 0 aliphatic heterocycles. The number of thiophene rings is 1. The molecule has 0 aliphatic rings. The van der Waals surface area contributed by atoms with Gasteiger partial charge in [-0.1, -0.05) is 5.16 Å². The van der Waals surface area contributed by atoms with Crippen LogP contribution in [0.5, 0.6) is 5.75 Å². The van der Waals surface area contributed by atoms with E-state index in [0.717, 1.165) is 32.7 Å². The Morgan fingerprint density at radius 2 is 2.04 bits per heavy atom. The first-order chi connectivity index (χ1) is 11.2. The zero-order valence-electron chi connectivity index (χ0n) is 12.9. The summed E-state index contributed by atoms with van der Waals surface area (Å²) in [6, 6.07) is 7.73. The second kappa shape index (κ2) is 5.24. The van der Waals surface area contributed by atoms with Gasteiger partial charge in [0.2, 0.25) is 5.82 Å². The van der Waals surface area contributed by atoms with Gasteiger partial charge < -0.3 is 13.7 Å². The Hall–Kier alpha value is -2.60. The Kier molecular flexibility index (Phi) is 3.20. The lowest BCUT2D eigenvalue weighted by molar-refractivity contribution is 0.415. The van der Waals surface area contributed by atoms with E-state index < -0.39 is 0 Å². The predicted octanol–water partition coefficient (Wildman–Crippen LogP) is 4.84. The first-order valence-electron chi connectivity index (χ1n) is 7.13. The molecule has 5 nitrogen and oxygen atoms in total. The lowest BCUT2D eigenvalue weighted by Crippen LogP contribution is -1.82. The first kappa shape index (κ1) is 14.0. The molecule has 0 saturated carbocycles. The average molecular weight is 326 g/mol. The summed E-state index contributed by atoms with van der Waals surface area (Å²) in [7, 11) is 1.65. The normalized spacial score (nSPS) is 11.3. The van der Waals surface area contributed by atoms with Gasteiger partial charge in [0.05, 0.1) is 12.0 Å². The SMILES string of the molecule is COc1ccc2oc(-c3noc(-c4sccc4C)n3)c(C)c2c1. The average Bonchev–Trinajstić information content (AvgIpc) is 3.26. The van der Waals surface area contributed by atoms with Gasteiger partial charge in [-0.2, -0.15) is 4.98 Å². The Labute approximate surface area is 136 Å². The topological polar surface area (TPSA) is 61.3 Å². The second-order valence-corrected chi connectivity index (χ2v) is 6.19. The van der Waals surface area contributed by atoms with E-state index in [2.05, 4.69) is 10.1 Å². The van der Waals surface area contributed by atoms with Gasteiger partial charge in [-0.05, 0) is 49.1 Å². The summed E-state index contributed by atoms with van der Waals surface area (Å²) in [4.78, 5) is 5.48. The summed E-state index contributed by atoms with van der Waals surface area (Å²) >= 11 is 1.58. The Bertz CT molecular complexity index is 997. The summed E-state index contributed by atoms with van der Waals surface area (Å²) in [5.74, 6) is 2.39. The van der Waals surface area contributed by atoms with Crippen LogP contribution in [0.4, 0.5) is 0 Å². The van der Waals surface area contributed by atoms with E-state index in [1.165, 1.54) is 0 Å². The molecule has 23 heavy (non-hydrogen) atoms. The minimum Gasteiger partial charge on any atom is -0.497 e. The molecule has 0 N–H and O–H groups in total. The molecule has 0 spiro atoms. The fraction of sp³-hybridized carbons (Fsp3) is 0.176. The molecule has 3 heterocycles. The number of aryl methyl sites for hydroxylation is 2. The van der Waals surface area contributed by atoms with Gasteiger partial charge in [0, 0.05) is 10.9 Å². The van der Waals surface area contributed by atoms with Gasteiger partial charge in [-0.25, -0.2) is 0 Å². The molecule has 0 saturated heterocycles. The lowest BCUT2D eigenvalue weighted by Gasteiger charge is -1.97.